The summed E-state index contributed by atoms with van der Waals surface area (Å²) in [6.07, 6.45) is 1.97. The van der Waals surface area contributed by atoms with Gasteiger partial charge in [-0.25, -0.2) is 0 Å². The number of benzene rings is 2. The highest BCUT2D eigenvalue weighted by molar-refractivity contribution is 14.1. The van der Waals surface area contributed by atoms with Crippen LogP contribution in [0.5, 0.6) is 0 Å². The van der Waals surface area contributed by atoms with Gasteiger partial charge in [0.1, 0.15) is 0 Å². The van der Waals surface area contributed by atoms with Crippen molar-refractivity contribution >= 4 is 60.3 Å². The Balaban J connectivity index is 1.98. The number of nitrogens with one attached hydrogen (secondary N) is 2. The molecule has 20 heavy (non-hydrogen) atoms. The van der Waals surface area contributed by atoms with Crippen LogP contribution in [0.3, 0.4) is 0 Å². The summed E-state index contributed by atoms with van der Waals surface area (Å²) in [6.45, 7) is 0. The van der Waals surface area contributed by atoms with E-state index in [-0.39, 0.29) is 0 Å². The maximum absolute atomic E-state index is 3.64. The zero-order chi connectivity index (χ0) is 13.7. The van der Waals surface area contributed by atoms with Gasteiger partial charge in [0.05, 0.1) is 11.0 Å². The maximum atomic E-state index is 3.64. The van der Waals surface area contributed by atoms with E-state index >= 15 is 0 Å². The molecule has 0 fully saturated rings. The number of rotatable bonds is 1. The summed E-state index contributed by atoms with van der Waals surface area (Å²) >= 11 is 6.00. The molecular formula is C16H10BrIN2. The Hall–Kier alpha value is -1.27. The Morgan fingerprint density at radius 3 is 2.65 bits per heavy atom. The lowest BCUT2D eigenvalue weighted by molar-refractivity contribution is 1.43. The van der Waals surface area contributed by atoms with Crippen LogP contribution in [0.15, 0.2) is 53.1 Å². The second kappa shape index (κ2) is 4.63. The van der Waals surface area contributed by atoms with Gasteiger partial charge in [0, 0.05) is 30.7 Å². The molecule has 0 saturated carbocycles. The third-order valence-electron chi connectivity index (χ3n) is 3.53. The molecule has 4 heteroatoms. The third kappa shape index (κ3) is 1.90. The van der Waals surface area contributed by atoms with Crippen LogP contribution in [0, 0.1) is 3.57 Å². The monoisotopic (exact) mass is 436 g/mol. The van der Waals surface area contributed by atoms with Crippen LogP contribution < -0.4 is 0 Å². The predicted molar refractivity (Wildman–Crippen MR) is 96.0 cm³/mol. The van der Waals surface area contributed by atoms with Crippen molar-refractivity contribution in [1.82, 2.24) is 9.97 Å². The van der Waals surface area contributed by atoms with Crippen LogP contribution in [0.4, 0.5) is 0 Å². The molecule has 4 aromatic rings. The summed E-state index contributed by atoms with van der Waals surface area (Å²) in [6, 6.07) is 15.0. The number of hydrogen-bond donors (Lipinski definition) is 2. The fraction of sp³-hybridized carbons (Fsp3) is 0. The predicted octanol–water partition coefficient (Wildman–Crippen LogP) is 5.68. The second-order valence-electron chi connectivity index (χ2n) is 4.79. The lowest BCUT2D eigenvalue weighted by Crippen LogP contribution is -1.80. The SMILES string of the molecule is Brc1cc(-c2cc3cccc(I)c3[nH]2)cc2cc[nH]c12. The van der Waals surface area contributed by atoms with Gasteiger partial charge in [-0.2, -0.15) is 0 Å². The van der Waals surface area contributed by atoms with Crippen molar-refractivity contribution in [2.75, 3.05) is 0 Å². The molecule has 0 atom stereocenters. The first-order chi connectivity index (χ1) is 9.72. The van der Waals surface area contributed by atoms with Crippen molar-refractivity contribution in [3.8, 4) is 11.3 Å². The lowest BCUT2D eigenvalue weighted by atomic mass is 10.1. The molecule has 2 N–H and O–H groups in total. The van der Waals surface area contributed by atoms with E-state index in [1.54, 1.807) is 0 Å². The molecule has 2 heterocycles. The Kier molecular flexibility index (Phi) is 2.89. The van der Waals surface area contributed by atoms with Crippen LogP contribution in [0.1, 0.15) is 0 Å². The molecule has 0 amide bonds. The Morgan fingerprint density at radius 2 is 1.80 bits per heavy atom. The van der Waals surface area contributed by atoms with E-state index in [9.17, 15) is 0 Å². The molecule has 0 aliphatic carbocycles. The van der Waals surface area contributed by atoms with Crippen LogP contribution in [0.2, 0.25) is 0 Å². The zero-order valence-corrected chi connectivity index (χ0v) is 14.1. The molecule has 0 bridgehead atoms. The van der Waals surface area contributed by atoms with Gasteiger partial charge in [-0.1, -0.05) is 12.1 Å². The summed E-state index contributed by atoms with van der Waals surface area (Å²) in [5, 5.41) is 2.46. The fourth-order valence-corrected chi connectivity index (χ4v) is 3.80. The minimum absolute atomic E-state index is 1.09. The van der Waals surface area contributed by atoms with Crippen LogP contribution in [0.25, 0.3) is 33.1 Å². The van der Waals surface area contributed by atoms with E-state index in [1.807, 2.05) is 6.20 Å². The Morgan fingerprint density at radius 1 is 0.950 bits per heavy atom. The first kappa shape index (κ1) is 12.5. The largest absolute Gasteiger partial charge is 0.360 e. The summed E-state index contributed by atoms with van der Waals surface area (Å²) in [5.74, 6) is 0. The second-order valence-corrected chi connectivity index (χ2v) is 6.80. The van der Waals surface area contributed by atoms with Crippen LogP contribution in [-0.2, 0) is 0 Å². The topological polar surface area (TPSA) is 31.6 Å². The molecule has 0 unspecified atom stereocenters. The number of fused-ring (bicyclic) bond motifs is 2. The van der Waals surface area contributed by atoms with Gasteiger partial charge in [0.15, 0.2) is 0 Å². The molecule has 98 valence electrons. The van der Waals surface area contributed by atoms with Crippen molar-refractivity contribution in [3.63, 3.8) is 0 Å². The molecule has 2 aromatic carbocycles. The number of halogens is 2. The molecule has 0 aliphatic heterocycles. The average Bonchev–Trinajstić information content (AvgIpc) is 3.04. The molecule has 0 spiro atoms. The first-order valence-corrected chi connectivity index (χ1v) is 8.14. The van der Waals surface area contributed by atoms with Gasteiger partial charge in [0.25, 0.3) is 0 Å². The number of para-hydroxylation sites is 1. The normalized spacial score (nSPS) is 11.5. The Bertz CT molecular complexity index is 936. The smallest absolute Gasteiger partial charge is 0.0598 e. The molecular weight excluding hydrogens is 427 g/mol. The van der Waals surface area contributed by atoms with Gasteiger partial charge in [-0.15, -0.1) is 0 Å². The van der Waals surface area contributed by atoms with Gasteiger partial charge in [-0.05, 0) is 74.4 Å². The first-order valence-electron chi connectivity index (χ1n) is 6.26. The van der Waals surface area contributed by atoms with Crippen molar-refractivity contribution in [2.24, 2.45) is 0 Å². The van der Waals surface area contributed by atoms with E-state index in [2.05, 4.69) is 91.0 Å². The number of H-pyrrole nitrogens is 2. The number of aromatic nitrogens is 2. The van der Waals surface area contributed by atoms with Crippen molar-refractivity contribution in [1.29, 1.82) is 0 Å². The van der Waals surface area contributed by atoms with E-state index in [0.717, 1.165) is 15.7 Å². The number of hydrogen-bond acceptors (Lipinski definition) is 0. The van der Waals surface area contributed by atoms with Crippen molar-refractivity contribution in [2.45, 2.75) is 0 Å². The summed E-state index contributed by atoms with van der Waals surface area (Å²) in [5.41, 5.74) is 4.68. The molecule has 0 aliphatic rings. The van der Waals surface area contributed by atoms with E-state index < -0.39 is 0 Å². The highest BCUT2D eigenvalue weighted by atomic mass is 127. The molecule has 2 aromatic heterocycles. The highest BCUT2D eigenvalue weighted by Crippen LogP contribution is 2.32. The van der Waals surface area contributed by atoms with Gasteiger partial charge in [-0.3, -0.25) is 0 Å². The van der Waals surface area contributed by atoms with E-state index in [0.29, 0.717) is 0 Å². The lowest BCUT2D eigenvalue weighted by Gasteiger charge is -2.01. The van der Waals surface area contributed by atoms with Gasteiger partial charge in [0.2, 0.25) is 0 Å². The highest BCUT2D eigenvalue weighted by Gasteiger charge is 2.08. The fourth-order valence-electron chi connectivity index (χ4n) is 2.56. The minimum atomic E-state index is 1.09. The van der Waals surface area contributed by atoms with E-state index in [4.69, 9.17) is 0 Å². The molecule has 0 saturated heterocycles. The summed E-state index contributed by atoms with van der Waals surface area (Å²) in [4.78, 5) is 6.77. The zero-order valence-electron chi connectivity index (χ0n) is 10.4. The third-order valence-corrected chi connectivity index (χ3v) is 5.05. The summed E-state index contributed by atoms with van der Waals surface area (Å²) < 4.78 is 2.33. The van der Waals surface area contributed by atoms with Crippen LogP contribution >= 0.6 is 38.5 Å². The minimum Gasteiger partial charge on any atom is -0.360 e. The molecule has 0 radical (unpaired) electrons. The summed E-state index contributed by atoms with van der Waals surface area (Å²) in [7, 11) is 0. The molecule has 2 nitrogen and oxygen atoms in total. The van der Waals surface area contributed by atoms with E-state index in [1.165, 1.54) is 25.4 Å². The quantitative estimate of drug-likeness (QED) is 0.359. The number of aromatic amines is 2. The van der Waals surface area contributed by atoms with Crippen molar-refractivity contribution in [3.05, 3.63) is 56.7 Å². The molecule has 4 rings (SSSR count). The van der Waals surface area contributed by atoms with Crippen molar-refractivity contribution < 1.29 is 0 Å². The standard InChI is InChI=1S/C16H10BrIN2/c17-12-7-11(6-10-4-5-19-15(10)12)14-8-9-2-1-3-13(18)16(9)20-14/h1-8,19-20H. The van der Waals surface area contributed by atoms with Gasteiger partial charge >= 0.3 is 0 Å². The van der Waals surface area contributed by atoms with Gasteiger partial charge < -0.3 is 9.97 Å². The average molecular weight is 437 g/mol. The van der Waals surface area contributed by atoms with Crippen LogP contribution in [-0.4, -0.2) is 9.97 Å². The maximum Gasteiger partial charge on any atom is 0.0598 e. The Labute approximate surface area is 137 Å².